The Balaban J connectivity index is 1.74. The summed E-state index contributed by atoms with van der Waals surface area (Å²) in [4.78, 5) is 24.9. The Morgan fingerprint density at radius 3 is 2.52 bits per heavy atom. The van der Waals surface area contributed by atoms with E-state index in [1.165, 1.54) is 11.3 Å². The van der Waals surface area contributed by atoms with Gasteiger partial charge in [0.2, 0.25) is 0 Å². The maximum Gasteiger partial charge on any atom is 0.325 e. The summed E-state index contributed by atoms with van der Waals surface area (Å²) in [5.41, 5.74) is 0.841. The molecular weight excluding hydrogens is 310 g/mol. The fraction of sp³-hybridized carbons (Fsp3) is 0.200. The third-order valence-electron chi connectivity index (χ3n) is 2.67. The van der Waals surface area contributed by atoms with Gasteiger partial charge in [0.1, 0.15) is 13.2 Å². The zero-order chi connectivity index (χ0) is 15.2. The lowest BCUT2D eigenvalue weighted by molar-refractivity contribution is -0.143. The topological polar surface area (TPSA) is 55.4 Å². The smallest absolute Gasteiger partial charge is 0.325 e. The Bertz CT molecular complexity index is 637. The van der Waals surface area contributed by atoms with E-state index in [2.05, 4.69) is 5.32 Å². The van der Waals surface area contributed by atoms with Gasteiger partial charge in [0.15, 0.2) is 0 Å². The molecule has 0 aliphatic heterocycles. The van der Waals surface area contributed by atoms with Crippen LogP contribution in [0.2, 0.25) is 5.02 Å². The van der Waals surface area contributed by atoms with Gasteiger partial charge in [-0.05, 0) is 36.8 Å². The minimum absolute atomic E-state index is 0.149. The second-order valence-electron chi connectivity index (χ2n) is 4.38. The van der Waals surface area contributed by atoms with Crippen molar-refractivity contribution in [3.63, 3.8) is 0 Å². The van der Waals surface area contributed by atoms with Gasteiger partial charge in [0.05, 0.1) is 4.88 Å². The molecule has 4 nitrogen and oxygen atoms in total. The highest BCUT2D eigenvalue weighted by Gasteiger charge is 2.10. The van der Waals surface area contributed by atoms with Crippen molar-refractivity contribution in [2.75, 3.05) is 6.54 Å². The number of ether oxygens (including phenoxy) is 1. The van der Waals surface area contributed by atoms with Gasteiger partial charge in [0, 0.05) is 9.90 Å². The largest absolute Gasteiger partial charge is 0.460 e. The van der Waals surface area contributed by atoms with Crippen molar-refractivity contribution in [3.8, 4) is 0 Å². The van der Waals surface area contributed by atoms with Crippen molar-refractivity contribution in [2.45, 2.75) is 13.5 Å². The molecule has 2 rings (SSSR count). The zero-order valence-electron chi connectivity index (χ0n) is 11.4. The number of carbonyl (C=O) groups excluding carboxylic acids is 2. The monoisotopic (exact) mass is 323 g/mol. The molecule has 0 saturated heterocycles. The highest BCUT2D eigenvalue weighted by Crippen LogP contribution is 2.14. The van der Waals surface area contributed by atoms with Crippen LogP contribution in [-0.2, 0) is 16.1 Å². The van der Waals surface area contributed by atoms with Gasteiger partial charge >= 0.3 is 5.97 Å². The van der Waals surface area contributed by atoms with E-state index < -0.39 is 5.97 Å². The average molecular weight is 324 g/mol. The van der Waals surface area contributed by atoms with Crippen LogP contribution in [0, 0.1) is 6.92 Å². The van der Waals surface area contributed by atoms with Gasteiger partial charge < -0.3 is 10.1 Å². The van der Waals surface area contributed by atoms with Crippen LogP contribution >= 0.6 is 22.9 Å². The highest BCUT2D eigenvalue weighted by molar-refractivity contribution is 7.13. The van der Waals surface area contributed by atoms with Crippen LogP contribution in [-0.4, -0.2) is 18.4 Å². The van der Waals surface area contributed by atoms with Crippen molar-refractivity contribution >= 4 is 34.8 Å². The Kier molecular flexibility index (Phi) is 5.36. The second-order valence-corrected chi connectivity index (χ2v) is 6.10. The van der Waals surface area contributed by atoms with Crippen molar-refractivity contribution in [2.24, 2.45) is 0 Å². The molecule has 1 N–H and O–H groups in total. The quantitative estimate of drug-likeness (QED) is 0.860. The molecular formula is C15H14ClNO3S. The number of rotatable bonds is 5. The predicted octanol–water partition coefficient (Wildman–Crippen LogP) is 3.18. The normalized spacial score (nSPS) is 10.2. The van der Waals surface area contributed by atoms with E-state index >= 15 is 0 Å². The van der Waals surface area contributed by atoms with E-state index in [-0.39, 0.29) is 19.1 Å². The molecule has 1 amide bonds. The number of halogens is 1. The molecule has 0 saturated carbocycles. The fourth-order valence-corrected chi connectivity index (χ4v) is 2.50. The first-order valence-corrected chi connectivity index (χ1v) is 7.49. The number of thiophene rings is 1. The van der Waals surface area contributed by atoms with Crippen LogP contribution in [0.5, 0.6) is 0 Å². The maximum atomic E-state index is 11.8. The molecule has 1 aromatic carbocycles. The van der Waals surface area contributed by atoms with Crippen LogP contribution in [0.3, 0.4) is 0 Å². The Morgan fingerprint density at radius 1 is 1.19 bits per heavy atom. The summed E-state index contributed by atoms with van der Waals surface area (Å²) in [6, 6.07) is 10.6. The SMILES string of the molecule is Cc1ccc(C(=O)NCC(=O)OCc2ccc(Cl)cc2)s1. The number of esters is 1. The molecule has 0 radical (unpaired) electrons. The van der Waals surface area contributed by atoms with Gasteiger partial charge in [-0.3, -0.25) is 9.59 Å². The predicted molar refractivity (Wildman–Crippen MR) is 82.6 cm³/mol. The summed E-state index contributed by atoms with van der Waals surface area (Å²) in [5.74, 6) is -0.747. The lowest BCUT2D eigenvalue weighted by Gasteiger charge is -2.06. The molecule has 0 fully saturated rings. The molecule has 0 unspecified atom stereocenters. The first-order valence-electron chi connectivity index (χ1n) is 6.29. The fourth-order valence-electron chi connectivity index (χ4n) is 1.59. The molecule has 110 valence electrons. The average Bonchev–Trinajstić information content (AvgIpc) is 2.91. The van der Waals surface area contributed by atoms with Crippen LogP contribution in [0.1, 0.15) is 20.1 Å². The molecule has 0 bridgehead atoms. The first-order chi connectivity index (χ1) is 10.0. The molecule has 1 aromatic heterocycles. The second kappa shape index (κ2) is 7.24. The number of hydrogen-bond acceptors (Lipinski definition) is 4. The summed E-state index contributed by atoms with van der Waals surface area (Å²) in [7, 11) is 0. The minimum Gasteiger partial charge on any atom is -0.460 e. The minimum atomic E-state index is -0.480. The standard InChI is InChI=1S/C15H14ClNO3S/c1-10-2-7-13(21-10)15(19)17-8-14(18)20-9-11-3-5-12(16)6-4-11/h2-7H,8-9H2,1H3,(H,17,19). The molecule has 2 aromatic rings. The Hall–Kier alpha value is -1.85. The molecule has 1 heterocycles. The summed E-state index contributed by atoms with van der Waals surface area (Å²) in [6.07, 6.45) is 0. The van der Waals surface area contributed by atoms with Crippen LogP contribution in [0.25, 0.3) is 0 Å². The van der Waals surface area contributed by atoms with Crippen LogP contribution in [0.15, 0.2) is 36.4 Å². The number of nitrogens with one attached hydrogen (secondary N) is 1. The molecule has 6 heteroatoms. The van der Waals surface area contributed by atoms with E-state index in [0.29, 0.717) is 9.90 Å². The molecule has 0 atom stereocenters. The van der Waals surface area contributed by atoms with E-state index in [1.54, 1.807) is 30.3 Å². The van der Waals surface area contributed by atoms with E-state index in [0.717, 1.165) is 10.4 Å². The number of aryl methyl sites for hydroxylation is 1. The van der Waals surface area contributed by atoms with E-state index in [4.69, 9.17) is 16.3 Å². The maximum absolute atomic E-state index is 11.8. The summed E-state index contributed by atoms with van der Waals surface area (Å²) in [5, 5.41) is 3.16. The molecule has 21 heavy (non-hydrogen) atoms. The van der Waals surface area contributed by atoms with E-state index in [9.17, 15) is 9.59 Å². The third kappa shape index (κ3) is 4.88. The van der Waals surface area contributed by atoms with E-state index in [1.807, 2.05) is 13.0 Å². The lowest BCUT2D eigenvalue weighted by atomic mass is 10.2. The van der Waals surface area contributed by atoms with Crippen molar-refractivity contribution in [1.29, 1.82) is 0 Å². The number of benzene rings is 1. The summed E-state index contributed by atoms with van der Waals surface area (Å²) in [6.45, 7) is 1.93. The van der Waals surface area contributed by atoms with Gasteiger partial charge in [-0.25, -0.2) is 0 Å². The highest BCUT2D eigenvalue weighted by atomic mass is 35.5. The van der Waals surface area contributed by atoms with Gasteiger partial charge in [-0.2, -0.15) is 0 Å². The first kappa shape index (κ1) is 15.5. The molecule has 0 spiro atoms. The molecule has 0 aliphatic carbocycles. The lowest BCUT2D eigenvalue weighted by Crippen LogP contribution is -2.30. The van der Waals surface area contributed by atoms with Crippen molar-refractivity contribution in [3.05, 3.63) is 56.7 Å². The van der Waals surface area contributed by atoms with Gasteiger partial charge in [-0.1, -0.05) is 23.7 Å². The summed E-state index contributed by atoms with van der Waals surface area (Å²) >= 11 is 7.15. The zero-order valence-corrected chi connectivity index (χ0v) is 13.0. The van der Waals surface area contributed by atoms with Crippen LogP contribution in [0.4, 0.5) is 0 Å². The number of carbonyl (C=O) groups is 2. The van der Waals surface area contributed by atoms with Gasteiger partial charge in [0.25, 0.3) is 5.91 Å². The third-order valence-corrected chi connectivity index (χ3v) is 3.92. The Morgan fingerprint density at radius 2 is 1.90 bits per heavy atom. The number of hydrogen-bond donors (Lipinski definition) is 1. The van der Waals surface area contributed by atoms with Gasteiger partial charge in [-0.15, -0.1) is 11.3 Å². The number of amides is 1. The van der Waals surface area contributed by atoms with Crippen LogP contribution < -0.4 is 5.32 Å². The summed E-state index contributed by atoms with van der Waals surface area (Å²) < 4.78 is 5.07. The molecule has 0 aliphatic rings. The van der Waals surface area contributed by atoms with Crippen molar-refractivity contribution in [1.82, 2.24) is 5.32 Å². The Labute approximate surface area is 131 Å². The van der Waals surface area contributed by atoms with Crippen molar-refractivity contribution < 1.29 is 14.3 Å².